The number of hydrogen-bond acceptors (Lipinski definition) is 4. The molecule has 0 fully saturated rings. The summed E-state index contributed by atoms with van der Waals surface area (Å²) in [5.74, 6) is 0. The van der Waals surface area contributed by atoms with Crippen LogP contribution in [0.5, 0.6) is 0 Å². The first-order valence-corrected chi connectivity index (χ1v) is 10.9. The van der Waals surface area contributed by atoms with Gasteiger partial charge in [0, 0.05) is 13.3 Å². The number of rotatable bonds is 4. The molecule has 0 saturated carbocycles. The SMILES string of the molecule is CN(C1CCc2ccccc21)S(=O)(=O)c1cccc(S(C)(=O)=O)c1. The fourth-order valence-electron chi connectivity index (χ4n) is 3.11. The zero-order chi connectivity index (χ0) is 17.5. The molecular formula is C17H19NO4S2. The molecular weight excluding hydrogens is 346 g/mol. The second kappa shape index (κ2) is 5.98. The minimum absolute atomic E-state index is 0.00249. The Morgan fingerprint density at radius 1 is 0.958 bits per heavy atom. The van der Waals surface area contributed by atoms with E-state index >= 15 is 0 Å². The summed E-state index contributed by atoms with van der Waals surface area (Å²) in [6.07, 6.45) is 2.63. The zero-order valence-electron chi connectivity index (χ0n) is 13.5. The van der Waals surface area contributed by atoms with E-state index in [0.717, 1.165) is 30.2 Å². The zero-order valence-corrected chi connectivity index (χ0v) is 15.1. The van der Waals surface area contributed by atoms with E-state index in [1.54, 1.807) is 7.05 Å². The number of aryl methyl sites for hydroxylation is 1. The summed E-state index contributed by atoms with van der Waals surface area (Å²) >= 11 is 0. The van der Waals surface area contributed by atoms with Crippen LogP contribution in [0, 0.1) is 0 Å². The minimum Gasteiger partial charge on any atom is -0.224 e. The van der Waals surface area contributed by atoms with Crippen molar-refractivity contribution in [2.75, 3.05) is 13.3 Å². The molecule has 2 aromatic rings. The van der Waals surface area contributed by atoms with Crippen molar-refractivity contribution in [2.45, 2.75) is 28.7 Å². The van der Waals surface area contributed by atoms with Crippen molar-refractivity contribution in [3.05, 3.63) is 59.7 Å². The number of fused-ring (bicyclic) bond motifs is 1. The van der Waals surface area contributed by atoms with Gasteiger partial charge in [0.25, 0.3) is 0 Å². The summed E-state index contributed by atoms with van der Waals surface area (Å²) in [4.78, 5) is 0.00102. The highest BCUT2D eigenvalue weighted by molar-refractivity contribution is 7.91. The molecule has 0 spiro atoms. The Labute approximate surface area is 142 Å². The lowest BCUT2D eigenvalue weighted by molar-refractivity contribution is 0.374. The molecule has 0 aliphatic heterocycles. The first kappa shape index (κ1) is 17.1. The summed E-state index contributed by atoms with van der Waals surface area (Å²) in [6.45, 7) is 0. The van der Waals surface area contributed by atoms with Crippen LogP contribution in [-0.2, 0) is 26.3 Å². The Balaban J connectivity index is 2.00. The van der Waals surface area contributed by atoms with Gasteiger partial charge in [0.2, 0.25) is 10.0 Å². The Bertz CT molecular complexity index is 981. The molecule has 1 aliphatic rings. The van der Waals surface area contributed by atoms with E-state index in [9.17, 15) is 16.8 Å². The van der Waals surface area contributed by atoms with Gasteiger partial charge in [-0.1, -0.05) is 30.3 Å². The average Bonchev–Trinajstić information content (AvgIpc) is 2.97. The molecule has 0 aromatic heterocycles. The molecule has 1 atom stereocenters. The van der Waals surface area contributed by atoms with Crippen LogP contribution >= 0.6 is 0 Å². The minimum atomic E-state index is -3.78. The van der Waals surface area contributed by atoms with Crippen LogP contribution in [0.2, 0.25) is 0 Å². The van der Waals surface area contributed by atoms with E-state index in [0.29, 0.717) is 0 Å². The molecule has 24 heavy (non-hydrogen) atoms. The quantitative estimate of drug-likeness (QED) is 0.834. The largest absolute Gasteiger partial charge is 0.243 e. The molecule has 0 amide bonds. The van der Waals surface area contributed by atoms with Gasteiger partial charge in [-0.25, -0.2) is 16.8 Å². The third-order valence-corrected chi connectivity index (χ3v) is 7.42. The van der Waals surface area contributed by atoms with E-state index in [-0.39, 0.29) is 15.8 Å². The maximum atomic E-state index is 12.9. The topological polar surface area (TPSA) is 71.5 Å². The Morgan fingerprint density at radius 2 is 1.62 bits per heavy atom. The summed E-state index contributed by atoms with van der Waals surface area (Å²) in [5.41, 5.74) is 2.18. The highest BCUT2D eigenvalue weighted by Crippen LogP contribution is 2.37. The number of nitrogens with zero attached hydrogens (tertiary/aromatic N) is 1. The van der Waals surface area contributed by atoms with Crippen molar-refractivity contribution in [3.63, 3.8) is 0 Å². The normalized spacial score (nSPS) is 17.9. The first-order valence-electron chi connectivity index (χ1n) is 7.57. The number of benzene rings is 2. The second-order valence-electron chi connectivity index (χ2n) is 6.02. The van der Waals surface area contributed by atoms with Crippen molar-refractivity contribution in [1.82, 2.24) is 4.31 Å². The van der Waals surface area contributed by atoms with Crippen LogP contribution in [0.15, 0.2) is 58.3 Å². The van der Waals surface area contributed by atoms with Gasteiger partial charge >= 0.3 is 0 Å². The summed E-state index contributed by atoms with van der Waals surface area (Å²) < 4.78 is 50.6. The van der Waals surface area contributed by atoms with Gasteiger partial charge in [-0.2, -0.15) is 4.31 Å². The van der Waals surface area contributed by atoms with Crippen LogP contribution in [0.3, 0.4) is 0 Å². The van der Waals surface area contributed by atoms with Gasteiger partial charge < -0.3 is 0 Å². The molecule has 5 nitrogen and oxygen atoms in total. The summed E-state index contributed by atoms with van der Waals surface area (Å²) in [5, 5.41) is 0. The highest BCUT2D eigenvalue weighted by Gasteiger charge is 2.33. The van der Waals surface area contributed by atoms with Crippen molar-refractivity contribution in [2.24, 2.45) is 0 Å². The molecule has 3 rings (SSSR count). The first-order chi connectivity index (χ1) is 11.2. The van der Waals surface area contributed by atoms with Crippen molar-refractivity contribution in [1.29, 1.82) is 0 Å². The van der Waals surface area contributed by atoms with Gasteiger partial charge in [0.15, 0.2) is 9.84 Å². The van der Waals surface area contributed by atoms with Crippen LogP contribution in [0.1, 0.15) is 23.6 Å². The van der Waals surface area contributed by atoms with Crippen molar-refractivity contribution >= 4 is 19.9 Å². The van der Waals surface area contributed by atoms with E-state index in [1.807, 2.05) is 24.3 Å². The third-order valence-electron chi connectivity index (χ3n) is 4.45. The maximum Gasteiger partial charge on any atom is 0.243 e. The Hall–Kier alpha value is -1.70. The van der Waals surface area contributed by atoms with Crippen LogP contribution in [-0.4, -0.2) is 34.4 Å². The molecule has 7 heteroatoms. The molecule has 0 saturated heterocycles. The molecule has 0 heterocycles. The smallest absolute Gasteiger partial charge is 0.224 e. The number of sulfonamides is 1. The van der Waals surface area contributed by atoms with E-state index in [1.165, 1.54) is 28.6 Å². The average molecular weight is 365 g/mol. The monoisotopic (exact) mass is 365 g/mol. The molecule has 128 valence electrons. The van der Waals surface area contributed by atoms with Crippen LogP contribution < -0.4 is 0 Å². The van der Waals surface area contributed by atoms with E-state index < -0.39 is 19.9 Å². The Morgan fingerprint density at radius 3 is 2.33 bits per heavy atom. The fourth-order valence-corrected chi connectivity index (χ4v) is 5.27. The van der Waals surface area contributed by atoms with E-state index in [2.05, 4.69) is 0 Å². The van der Waals surface area contributed by atoms with Crippen molar-refractivity contribution < 1.29 is 16.8 Å². The number of hydrogen-bond donors (Lipinski definition) is 0. The number of sulfone groups is 1. The predicted molar refractivity (Wildman–Crippen MR) is 92.0 cm³/mol. The maximum absolute atomic E-state index is 12.9. The lowest BCUT2D eigenvalue weighted by Crippen LogP contribution is -2.30. The predicted octanol–water partition coefficient (Wildman–Crippen LogP) is 2.40. The molecule has 0 bridgehead atoms. The lowest BCUT2D eigenvalue weighted by Gasteiger charge is -2.25. The highest BCUT2D eigenvalue weighted by atomic mass is 32.2. The standard InChI is InChI=1S/C17H19NO4S2/c1-18(17-11-10-13-6-3-4-9-16(13)17)24(21,22)15-8-5-7-14(12-15)23(2,19)20/h3-9,12,17H,10-11H2,1-2H3. The molecule has 1 aliphatic carbocycles. The van der Waals surface area contributed by atoms with Gasteiger partial charge in [-0.15, -0.1) is 0 Å². The van der Waals surface area contributed by atoms with Gasteiger partial charge in [-0.05, 0) is 42.2 Å². The molecule has 0 radical (unpaired) electrons. The van der Waals surface area contributed by atoms with Gasteiger partial charge in [-0.3, -0.25) is 0 Å². The molecule has 1 unspecified atom stereocenters. The fraction of sp³-hybridized carbons (Fsp3) is 0.294. The summed E-state index contributed by atoms with van der Waals surface area (Å²) in [7, 11) is -5.69. The van der Waals surface area contributed by atoms with Gasteiger partial charge in [0.05, 0.1) is 15.8 Å². The van der Waals surface area contributed by atoms with Gasteiger partial charge in [0.1, 0.15) is 0 Å². The van der Waals surface area contributed by atoms with Crippen LogP contribution in [0.4, 0.5) is 0 Å². The lowest BCUT2D eigenvalue weighted by atomic mass is 10.1. The molecule has 0 N–H and O–H groups in total. The summed E-state index contributed by atoms with van der Waals surface area (Å²) in [6, 6.07) is 13.1. The van der Waals surface area contributed by atoms with Crippen molar-refractivity contribution in [3.8, 4) is 0 Å². The third kappa shape index (κ3) is 2.99. The van der Waals surface area contributed by atoms with Crippen LogP contribution in [0.25, 0.3) is 0 Å². The second-order valence-corrected chi connectivity index (χ2v) is 10.0. The molecule has 2 aromatic carbocycles. The Kier molecular flexibility index (Phi) is 4.27. The van der Waals surface area contributed by atoms with E-state index in [4.69, 9.17) is 0 Å².